The largest absolute Gasteiger partial charge is 0.470 e. The summed E-state index contributed by atoms with van der Waals surface area (Å²) in [6.07, 6.45) is 4.54. The molecule has 0 bridgehead atoms. The van der Waals surface area contributed by atoms with Crippen molar-refractivity contribution in [1.29, 1.82) is 0 Å². The lowest BCUT2D eigenvalue weighted by molar-refractivity contribution is -0.0643. The highest BCUT2D eigenvalue weighted by molar-refractivity contribution is 6.07. The van der Waals surface area contributed by atoms with E-state index in [1.54, 1.807) is 0 Å². The number of aliphatic hydroxyl groups is 1. The second kappa shape index (κ2) is 6.62. The summed E-state index contributed by atoms with van der Waals surface area (Å²) in [5.74, 6) is -0.315. The molecule has 0 saturated heterocycles. The molecule has 4 rings (SSSR count). The monoisotopic (exact) mass is 368 g/mol. The molecule has 0 amide bonds. The first-order valence-corrected chi connectivity index (χ1v) is 9.21. The van der Waals surface area contributed by atoms with Crippen LogP contribution >= 0.6 is 0 Å². The van der Waals surface area contributed by atoms with Gasteiger partial charge in [-0.05, 0) is 31.2 Å². The Hall–Kier alpha value is -2.44. The molecule has 1 aromatic carbocycles. The van der Waals surface area contributed by atoms with Crippen molar-refractivity contribution < 1.29 is 19.2 Å². The average Bonchev–Trinajstić information content (AvgIpc) is 3.07. The first-order valence-electron chi connectivity index (χ1n) is 9.21. The van der Waals surface area contributed by atoms with E-state index in [1.807, 2.05) is 68.4 Å². The summed E-state index contributed by atoms with van der Waals surface area (Å²) in [7, 11) is 3.83. The number of hydrogen-bond acceptors (Lipinski definition) is 6. The molecule has 1 heterocycles. The molecule has 6 nitrogen and oxygen atoms in total. The molecule has 142 valence electrons. The summed E-state index contributed by atoms with van der Waals surface area (Å²) >= 11 is 0. The van der Waals surface area contributed by atoms with Gasteiger partial charge in [-0.3, -0.25) is 9.69 Å². The van der Waals surface area contributed by atoms with Crippen LogP contribution in [0.15, 0.2) is 47.0 Å². The number of ketones is 1. The predicted molar refractivity (Wildman–Crippen MR) is 99.4 cm³/mol. The van der Waals surface area contributed by atoms with Gasteiger partial charge in [-0.25, -0.2) is 0 Å². The summed E-state index contributed by atoms with van der Waals surface area (Å²) in [5, 5.41) is 15.5. The molecule has 2 aliphatic carbocycles. The van der Waals surface area contributed by atoms with Crippen LogP contribution in [0, 0.1) is 11.8 Å². The first kappa shape index (κ1) is 17.9. The Morgan fingerprint density at radius 2 is 2.07 bits per heavy atom. The van der Waals surface area contributed by atoms with Crippen LogP contribution in [0.3, 0.4) is 0 Å². The molecule has 6 heteroatoms. The lowest BCUT2D eigenvalue weighted by Gasteiger charge is -2.48. The topological polar surface area (TPSA) is 75.8 Å². The van der Waals surface area contributed by atoms with Crippen LogP contribution < -0.4 is 4.74 Å². The molecule has 27 heavy (non-hydrogen) atoms. The van der Waals surface area contributed by atoms with Crippen molar-refractivity contribution >= 4 is 5.78 Å². The molecule has 4 atom stereocenters. The van der Waals surface area contributed by atoms with Crippen molar-refractivity contribution in [3.05, 3.63) is 59.4 Å². The molecule has 0 saturated carbocycles. The Morgan fingerprint density at radius 1 is 1.33 bits per heavy atom. The van der Waals surface area contributed by atoms with Gasteiger partial charge in [-0.15, -0.1) is 0 Å². The van der Waals surface area contributed by atoms with Crippen LogP contribution in [0.4, 0.5) is 0 Å². The molecule has 1 N–H and O–H groups in total. The van der Waals surface area contributed by atoms with Gasteiger partial charge in [0.05, 0.1) is 6.04 Å². The van der Waals surface area contributed by atoms with Crippen LogP contribution in [0.5, 0.6) is 5.88 Å². The molecule has 1 aromatic heterocycles. The van der Waals surface area contributed by atoms with Crippen LogP contribution in [-0.4, -0.2) is 40.6 Å². The summed E-state index contributed by atoms with van der Waals surface area (Å²) in [5.41, 5.74) is -0.259. The third-order valence-corrected chi connectivity index (χ3v) is 5.78. The van der Waals surface area contributed by atoms with Gasteiger partial charge in [0.1, 0.15) is 17.8 Å². The lowest BCUT2D eigenvalue weighted by atomic mass is 9.62. The zero-order valence-corrected chi connectivity index (χ0v) is 15.8. The highest BCUT2D eigenvalue weighted by atomic mass is 16.5. The Balaban J connectivity index is 1.74. The Kier molecular flexibility index (Phi) is 4.40. The number of fused-ring (bicyclic) bond motifs is 2. The maximum atomic E-state index is 13.4. The van der Waals surface area contributed by atoms with Crippen LogP contribution in [-0.2, 0) is 6.61 Å². The maximum absolute atomic E-state index is 13.4. The fourth-order valence-electron chi connectivity index (χ4n) is 4.34. The van der Waals surface area contributed by atoms with E-state index >= 15 is 0 Å². The van der Waals surface area contributed by atoms with E-state index < -0.39 is 5.60 Å². The molecule has 2 aromatic rings. The fraction of sp³-hybridized carbons (Fsp3) is 0.429. The number of ether oxygens (including phenoxy) is 1. The minimum absolute atomic E-state index is 0.152. The highest BCUT2D eigenvalue weighted by Crippen LogP contribution is 2.51. The second-order valence-corrected chi connectivity index (χ2v) is 7.62. The Labute approximate surface area is 158 Å². The summed E-state index contributed by atoms with van der Waals surface area (Å²) in [4.78, 5) is 15.3. The third-order valence-electron chi connectivity index (χ3n) is 5.78. The minimum Gasteiger partial charge on any atom is -0.470 e. The zero-order chi connectivity index (χ0) is 19.2. The number of aromatic nitrogens is 1. The molecule has 0 aliphatic heterocycles. The van der Waals surface area contributed by atoms with E-state index in [0.717, 1.165) is 5.56 Å². The summed E-state index contributed by atoms with van der Waals surface area (Å²) in [6.45, 7) is 2.15. The number of benzene rings is 1. The fourth-order valence-corrected chi connectivity index (χ4v) is 4.34. The summed E-state index contributed by atoms with van der Waals surface area (Å²) in [6, 6.07) is 9.40. The molecule has 0 fully saturated rings. The van der Waals surface area contributed by atoms with Crippen molar-refractivity contribution in [3.8, 4) is 5.88 Å². The third kappa shape index (κ3) is 2.71. The Bertz CT molecular complexity index is 874. The number of allylic oxidation sites excluding steroid dienone is 1. The van der Waals surface area contributed by atoms with Crippen molar-refractivity contribution in [2.45, 2.75) is 31.6 Å². The van der Waals surface area contributed by atoms with Gasteiger partial charge in [0, 0.05) is 11.8 Å². The smallest absolute Gasteiger partial charge is 0.265 e. The molecule has 0 radical (unpaired) electrons. The van der Waals surface area contributed by atoms with Crippen LogP contribution in [0.25, 0.3) is 0 Å². The van der Waals surface area contributed by atoms with Gasteiger partial charge >= 0.3 is 0 Å². The van der Waals surface area contributed by atoms with Gasteiger partial charge in [0.15, 0.2) is 5.76 Å². The molecule has 2 aliphatic rings. The number of carbonyl (C=O) groups excluding carboxylic acids is 1. The number of hydrogen-bond donors (Lipinski definition) is 1. The second-order valence-electron chi connectivity index (χ2n) is 7.62. The van der Waals surface area contributed by atoms with Crippen molar-refractivity contribution in [2.24, 2.45) is 11.8 Å². The van der Waals surface area contributed by atoms with E-state index in [4.69, 9.17) is 9.26 Å². The number of rotatable bonds is 4. The van der Waals surface area contributed by atoms with Gasteiger partial charge in [0.2, 0.25) is 5.78 Å². The average molecular weight is 368 g/mol. The van der Waals surface area contributed by atoms with Crippen LogP contribution in [0.2, 0.25) is 0 Å². The van der Waals surface area contributed by atoms with E-state index in [9.17, 15) is 9.90 Å². The number of nitrogens with zero attached hydrogens (tertiary/aromatic N) is 2. The quantitative estimate of drug-likeness (QED) is 0.836. The molecular formula is C21H24N2O4. The molecule has 0 spiro atoms. The normalized spacial score (nSPS) is 29.5. The Morgan fingerprint density at radius 3 is 2.78 bits per heavy atom. The molecule has 0 unspecified atom stereocenters. The van der Waals surface area contributed by atoms with E-state index in [-0.39, 0.29) is 41.7 Å². The van der Waals surface area contributed by atoms with Crippen molar-refractivity contribution in [2.75, 3.05) is 14.1 Å². The van der Waals surface area contributed by atoms with Crippen molar-refractivity contribution in [3.63, 3.8) is 0 Å². The predicted octanol–water partition coefficient (Wildman–Crippen LogP) is 3.00. The minimum atomic E-state index is -1.49. The van der Waals surface area contributed by atoms with Crippen LogP contribution in [0.1, 0.15) is 41.1 Å². The van der Waals surface area contributed by atoms with Crippen molar-refractivity contribution in [1.82, 2.24) is 10.1 Å². The number of carbonyl (C=O) groups is 1. The van der Waals surface area contributed by atoms with E-state index in [2.05, 4.69) is 5.16 Å². The maximum Gasteiger partial charge on any atom is 0.265 e. The van der Waals surface area contributed by atoms with E-state index in [0.29, 0.717) is 12.2 Å². The zero-order valence-electron chi connectivity index (χ0n) is 15.8. The SMILES string of the molecule is C[C@@H]1C=CC[C@H]2[C@H](N(C)C)c3onc(OCc4ccccc4)c3C(=O)[C@@]12O. The lowest BCUT2D eigenvalue weighted by Crippen LogP contribution is -2.58. The van der Waals surface area contributed by atoms with Gasteiger partial charge in [-0.1, -0.05) is 49.4 Å². The highest BCUT2D eigenvalue weighted by Gasteiger charge is 2.59. The van der Waals surface area contributed by atoms with Gasteiger partial charge in [-0.2, -0.15) is 0 Å². The summed E-state index contributed by atoms with van der Waals surface area (Å²) < 4.78 is 11.4. The standard InChI is InChI=1S/C21H24N2O4/c1-13-8-7-11-15-17(23(2)3)18-16(19(24)21(13,15)25)20(22-27-18)26-12-14-9-5-4-6-10-14/h4-10,13,15,17,25H,11-12H2,1-3H3/t13-,15+,17+,21-/m1/s1. The van der Waals surface area contributed by atoms with Gasteiger partial charge in [0.25, 0.3) is 5.88 Å². The molecular weight excluding hydrogens is 344 g/mol. The van der Waals surface area contributed by atoms with E-state index in [1.165, 1.54) is 0 Å². The first-order chi connectivity index (χ1) is 12.9. The number of Topliss-reactive ketones (excluding diaryl/α,β-unsaturated/α-hetero) is 1. The van der Waals surface area contributed by atoms with Gasteiger partial charge < -0.3 is 14.4 Å².